The van der Waals surface area contributed by atoms with Crippen molar-refractivity contribution in [3.63, 3.8) is 0 Å². The lowest BCUT2D eigenvalue weighted by molar-refractivity contribution is -0.140. The van der Waals surface area contributed by atoms with E-state index in [-0.39, 0.29) is 11.9 Å². The number of pyridine rings is 1. The van der Waals surface area contributed by atoms with Crippen LogP contribution in [-0.2, 0) is 17.8 Å². The molecular weight excluding hydrogens is 374 g/mol. The SMILES string of the molecule is COc1cccc(CN2CCN(C)C(=O)[C@H]2Cc2cccc(-c3ccncc3)c2)c1. The minimum absolute atomic E-state index is 0.178. The van der Waals surface area contributed by atoms with Crippen molar-refractivity contribution in [2.24, 2.45) is 0 Å². The van der Waals surface area contributed by atoms with Crippen LogP contribution in [0, 0.1) is 0 Å². The molecule has 0 radical (unpaired) electrons. The average molecular weight is 402 g/mol. The van der Waals surface area contributed by atoms with Crippen LogP contribution in [0.5, 0.6) is 5.75 Å². The van der Waals surface area contributed by atoms with Gasteiger partial charge in [-0.15, -0.1) is 0 Å². The van der Waals surface area contributed by atoms with Crippen LogP contribution < -0.4 is 4.74 Å². The number of hydrogen-bond donors (Lipinski definition) is 0. The number of ether oxygens (including phenoxy) is 1. The highest BCUT2D eigenvalue weighted by Gasteiger charge is 2.33. The Balaban J connectivity index is 1.57. The number of carbonyl (C=O) groups excluding carboxylic acids is 1. The maximum Gasteiger partial charge on any atom is 0.240 e. The molecule has 0 saturated carbocycles. The van der Waals surface area contributed by atoms with Crippen LogP contribution in [0.15, 0.2) is 73.1 Å². The summed E-state index contributed by atoms with van der Waals surface area (Å²) in [4.78, 5) is 21.3. The molecule has 0 aliphatic carbocycles. The average Bonchev–Trinajstić information content (AvgIpc) is 2.79. The monoisotopic (exact) mass is 401 g/mol. The van der Waals surface area contributed by atoms with Crippen molar-refractivity contribution in [3.05, 3.63) is 84.2 Å². The molecule has 1 saturated heterocycles. The first kappa shape index (κ1) is 20.1. The maximum atomic E-state index is 13.1. The zero-order valence-corrected chi connectivity index (χ0v) is 17.5. The minimum Gasteiger partial charge on any atom is -0.497 e. The predicted molar refractivity (Wildman–Crippen MR) is 118 cm³/mol. The summed E-state index contributed by atoms with van der Waals surface area (Å²) in [5, 5.41) is 0. The van der Waals surface area contributed by atoms with Gasteiger partial charge in [-0.05, 0) is 52.9 Å². The zero-order chi connectivity index (χ0) is 20.9. The van der Waals surface area contributed by atoms with Gasteiger partial charge in [0.15, 0.2) is 0 Å². The van der Waals surface area contributed by atoms with Gasteiger partial charge in [-0.1, -0.05) is 36.4 Å². The molecule has 1 fully saturated rings. The van der Waals surface area contributed by atoms with E-state index in [0.29, 0.717) is 6.42 Å². The summed E-state index contributed by atoms with van der Waals surface area (Å²) >= 11 is 0. The molecule has 154 valence electrons. The van der Waals surface area contributed by atoms with E-state index in [1.54, 1.807) is 19.5 Å². The van der Waals surface area contributed by atoms with Gasteiger partial charge in [0.25, 0.3) is 0 Å². The lowest BCUT2D eigenvalue weighted by Crippen LogP contribution is -2.56. The van der Waals surface area contributed by atoms with E-state index in [0.717, 1.165) is 47.6 Å². The summed E-state index contributed by atoms with van der Waals surface area (Å²) in [6.45, 7) is 2.33. The van der Waals surface area contributed by atoms with Gasteiger partial charge in [0, 0.05) is 39.1 Å². The van der Waals surface area contributed by atoms with E-state index in [2.05, 4.69) is 40.2 Å². The number of amides is 1. The number of methoxy groups -OCH3 is 1. The van der Waals surface area contributed by atoms with Gasteiger partial charge in [-0.25, -0.2) is 0 Å². The van der Waals surface area contributed by atoms with Crippen LogP contribution in [0.4, 0.5) is 0 Å². The van der Waals surface area contributed by atoms with Crippen LogP contribution in [-0.4, -0.2) is 54.0 Å². The molecule has 5 nitrogen and oxygen atoms in total. The molecule has 0 spiro atoms. The highest BCUT2D eigenvalue weighted by Crippen LogP contribution is 2.24. The van der Waals surface area contributed by atoms with Gasteiger partial charge in [0.2, 0.25) is 5.91 Å². The molecule has 1 amide bonds. The predicted octanol–water partition coefficient (Wildman–Crippen LogP) is 3.64. The number of benzene rings is 2. The van der Waals surface area contributed by atoms with Crippen molar-refractivity contribution in [2.75, 3.05) is 27.2 Å². The van der Waals surface area contributed by atoms with Crippen LogP contribution in [0.25, 0.3) is 11.1 Å². The molecule has 0 bridgehead atoms. The topological polar surface area (TPSA) is 45.7 Å². The second kappa shape index (κ2) is 9.09. The normalized spacial score (nSPS) is 17.2. The molecule has 30 heavy (non-hydrogen) atoms. The third-order valence-corrected chi connectivity index (χ3v) is 5.71. The van der Waals surface area contributed by atoms with Crippen molar-refractivity contribution in [1.82, 2.24) is 14.8 Å². The van der Waals surface area contributed by atoms with E-state index in [9.17, 15) is 4.79 Å². The van der Waals surface area contributed by atoms with Crippen molar-refractivity contribution in [1.29, 1.82) is 0 Å². The first-order valence-electron chi connectivity index (χ1n) is 10.3. The second-order valence-corrected chi connectivity index (χ2v) is 7.74. The second-order valence-electron chi connectivity index (χ2n) is 7.74. The molecule has 1 aromatic heterocycles. The molecule has 1 aliphatic rings. The Morgan fingerprint density at radius 3 is 2.53 bits per heavy atom. The number of carbonyl (C=O) groups is 1. The number of piperazine rings is 1. The van der Waals surface area contributed by atoms with E-state index >= 15 is 0 Å². The molecule has 1 aliphatic heterocycles. The Labute approximate surface area is 177 Å². The number of hydrogen-bond acceptors (Lipinski definition) is 4. The van der Waals surface area contributed by atoms with Crippen LogP contribution in [0.1, 0.15) is 11.1 Å². The summed E-state index contributed by atoms with van der Waals surface area (Å²) in [6, 6.07) is 20.4. The fourth-order valence-electron chi connectivity index (χ4n) is 4.01. The number of aromatic nitrogens is 1. The van der Waals surface area contributed by atoms with Gasteiger partial charge < -0.3 is 9.64 Å². The van der Waals surface area contributed by atoms with E-state index in [1.165, 1.54) is 0 Å². The van der Waals surface area contributed by atoms with Crippen LogP contribution >= 0.6 is 0 Å². The van der Waals surface area contributed by atoms with Gasteiger partial charge >= 0.3 is 0 Å². The van der Waals surface area contributed by atoms with Gasteiger partial charge in [-0.3, -0.25) is 14.7 Å². The van der Waals surface area contributed by atoms with E-state index < -0.39 is 0 Å². The highest BCUT2D eigenvalue weighted by atomic mass is 16.5. The molecule has 3 aromatic rings. The standard InChI is InChI=1S/C25H27N3O2/c1-27-13-14-28(18-20-6-4-8-23(16-20)30-2)24(25(27)29)17-19-5-3-7-22(15-19)21-9-11-26-12-10-21/h3-12,15-16,24H,13-14,17-18H2,1-2H3/t24-/m1/s1. The molecule has 1 atom stereocenters. The maximum absolute atomic E-state index is 13.1. The Kier molecular flexibility index (Phi) is 6.10. The zero-order valence-electron chi connectivity index (χ0n) is 17.5. The first-order chi connectivity index (χ1) is 14.6. The molecule has 5 heteroatoms. The lowest BCUT2D eigenvalue weighted by Gasteiger charge is -2.39. The summed E-state index contributed by atoms with van der Waals surface area (Å²) in [7, 11) is 3.57. The third-order valence-electron chi connectivity index (χ3n) is 5.71. The Bertz CT molecular complexity index is 1010. The Morgan fingerprint density at radius 2 is 1.73 bits per heavy atom. The molecule has 2 heterocycles. The summed E-state index contributed by atoms with van der Waals surface area (Å²) in [6.07, 6.45) is 4.29. The summed E-state index contributed by atoms with van der Waals surface area (Å²) in [5.74, 6) is 1.02. The van der Waals surface area contributed by atoms with Crippen LogP contribution in [0.2, 0.25) is 0 Å². The van der Waals surface area contributed by atoms with Crippen molar-refractivity contribution < 1.29 is 9.53 Å². The summed E-state index contributed by atoms with van der Waals surface area (Å²) in [5.41, 5.74) is 4.59. The molecule has 2 aromatic carbocycles. The Morgan fingerprint density at radius 1 is 0.967 bits per heavy atom. The smallest absolute Gasteiger partial charge is 0.240 e. The van der Waals surface area contributed by atoms with Crippen molar-refractivity contribution in [2.45, 2.75) is 19.0 Å². The van der Waals surface area contributed by atoms with Crippen molar-refractivity contribution >= 4 is 5.91 Å². The van der Waals surface area contributed by atoms with E-state index in [4.69, 9.17) is 4.74 Å². The fraction of sp³-hybridized carbons (Fsp3) is 0.280. The van der Waals surface area contributed by atoms with Gasteiger partial charge in [0.1, 0.15) is 5.75 Å². The molecular formula is C25H27N3O2. The Hall–Kier alpha value is -3.18. The molecule has 0 unspecified atom stereocenters. The van der Waals surface area contributed by atoms with Crippen LogP contribution in [0.3, 0.4) is 0 Å². The summed E-state index contributed by atoms with van der Waals surface area (Å²) < 4.78 is 5.36. The number of nitrogens with zero attached hydrogens (tertiary/aromatic N) is 3. The minimum atomic E-state index is -0.178. The highest BCUT2D eigenvalue weighted by molar-refractivity contribution is 5.83. The quantitative estimate of drug-likeness (QED) is 0.633. The molecule has 4 rings (SSSR count). The molecule has 0 N–H and O–H groups in total. The third kappa shape index (κ3) is 4.52. The first-order valence-corrected chi connectivity index (χ1v) is 10.3. The number of rotatable bonds is 6. The largest absolute Gasteiger partial charge is 0.497 e. The fourth-order valence-corrected chi connectivity index (χ4v) is 4.01. The number of likely N-dealkylation sites (N-methyl/N-ethyl adjacent to an activating group) is 1. The van der Waals surface area contributed by atoms with Gasteiger partial charge in [0.05, 0.1) is 13.2 Å². The van der Waals surface area contributed by atoms with Gasteiger partial charge in [-0.2, -0.15) is 0 Å². The van der Waals surface area contributed by atoms with E-state index in [1.807, 2.05) is 42.3 Å². The lowest BCUT2D eigenvalue weighted by atomic mass is 9.97. The van der Waals surface area contributed by atoms with Crippen molar-refractivity contribution in [3.8, 4) is 16.9 Å².